The van der Waals surface area contributed by atoms with Crippen LogP contribution in [-0.4, -0.2) is 30.0 Å². The van der Waals surface area contributed by atoms with Crippen LogP contribution >= 0.6 is 11.3 Å². The van der Waals surface area contributed by atoms with Crippen LogP contribution in [0.5, 0.6) is 0 Å². The summed E-state index contributed by atoms with van der Waals surface area (Å²) in [5.41, 5.74) is 5.91. The normalized spacial score (nSPS) is 11.9. The molecule has 19 heavy (non-hydrogen) atoms. The van der Waals surface area contributed by atoms with Crippen LogP contribution in [0.25, 0.3) is 0 Å². The predicted octanol–water partition coefficient (Wildman–Crippen LogP) is 1.08. The Morgan fingerprint density at radius 1 is 1.42 bits per heavy atom. The molecule has 1 heterocycles. The van der Waals surface area contributed by atoms with Crippen LogP contribution in [-0.2, 0) is 16.6 Å². The van der Waals surface area contributed by atoms with E-state index < -0.39 is 15.8 Å². The summed E-state index contributed by atoms with van der Waals surface area (Å²) in [6, 6.07) is 5.74. The first-order valence-electron chi connectivity index (χ1n) is 5.19. The molecule has 0 aliphatic rings. The van der Waals surface area contributed by atoms with Gasteiger partial charge in [0.1, 0.15) is 5.82 Å². The third-order valence-corrected chi connectivity index (χ3v) is 5.25. The highest BCUT2D eigenvalue weighted by Crippen LogP contribution is 2.21. The number of nitrogen functional groups attached to an aromatic ring is 1. The minimum absolute atomic E-state index is 0.0412. The van der Waals surface area contributed by atoms with Gasteiger partial charge in [-0.3, -0.25) is 0 Å². The molecule has 1 aromatic carbocycles. The van der Waals surface area contributed by atoms with Crippen LogP contribution in [0.2, 0.25) is 0 Å². The van der Waals surface area contributed by atoms with E-state index in [1.165, 1.54) is 25.2 Å². The molecule has 0 aliphatic carbocycles. The molecule has 0 radical (unpaired) electrons. The fourth-order valence-corrected chi connectivity index (χ4v) is 3.57. The third kappa shape index (κ3) is 3.06. The molecule has 2 N–H and O–H groups in total. The number of nitrogens with two attached hydrogens (primary N) is 1. The molecule has 0 aliphatic heterocycles. The minimum Gasteiger partial charge on any atom is -0.374 e. The maximum Gasteiger partial charge on any atom is 0.272 e. The largest absolute Gasteiger partial charge is 0.374 e. The number of rotatable bonds is 4. The van der Waals surface area contributed by atoms with E-state index in [4.69, 9.17) is 5.73 Å². The number of nitrogens with zero attached hydrogens (tertiary/aromatic N) is 3. The molecule has 0 saturated heterocycles. The van der Waals surface area contributed by atoms with Crippen molar-refractivity contribution < 1.29 is 12.8 Å². The van der Waals surface area contributed by atoms with Crippen molar-refractivity contribution in [1.82, 2.24) is 14.5 Å². The summed E-state index contributed by atoms with van der Waals surface area (Å²) in [6.07, 6.45) is 0. The lowest BCUT2D eigenvalue weighted by Crippen LogP contribution is -2.26. The highest BCUT2D eigenvalue weighted by Gasteiger charge is 2.25. The van der Waals surface area contributed by atoms with Gasteiger partial charge in [-0.2, -0.15) is 4.31 Å². The zero-order valence-corrected chi connectivity index (χ0v) is 11.6. The first kappa shape index (κ1) is 13.8. The zero-order valence-electron chi connectivity index (χ0n) is 9.95. The molecule has 0 fully saturated rings. The molecule has 0 atom stereocenters. The lowest BCUT2D eigenvalue weighted by molar-refractivity contribution is 0.464. The lowest BCUT2D eigenvalue weighted by atomic mass is 10.2. The molecular weight excluding hydrogens is 291 g/mol. The summed E-state index contributed by atoms with van der Waals surface area (Å²) >= 11 is 0.789. The van der Waals surface area contributed by atoms with Crippen LogP contribution in [0.15, 0.2) is 28.6 Å². The van der Waals surface area contributed by atoms with Gasteiger partial charge in [0.05, 0.1) is 0 Å². The summed E-state index contributed by atoms with van der Waals surface area (Å²) in [7, 11) is -2.37. The fourth-order valence-electron chi connectivity index (χ4n) is 1.44. The number of aromatic nitrogens is 2. The Balaban J connectivity index is 2.22. The van der Waals surface area contributed by atoms with Crippen molar-refractivity contribution in [2.75, 3.05) is 12.8 Å². The first-order valence-corrected chi connectivity index (χ1v) is 7.45. The van der Waals surface area contributed by atoms with Gasteiger partial charge in [-0.15, -0.1) is 10.2 Å². The molecule has 9 heteroatoms. The van der Waals surface area contributed by atoms with E-state index in [1.807, 2.05) is 0 Å². The first-order chi connectivity index (χ1) is 8.89. The molecule has 0 bridgehead atoms. The van der Waals surface area contributed by atoms with Crippen molar-refractivity contribution in [1.29, 1.82) is 0 Å². The van der Waals surface area contributed by atoms with Crippen molar-refractivity contribution in [2.45, 2.75) is 10.9 Å². The summed E-state index contributed by atoms with van der Waals surface area (Å²) in [6.45, 7) is 0.0412. The molecule has 0 spiro atoms. The average Bonchev–Trinajstić information content (AvgIpc) is 2.76. The Morgan fingerprint density at radius 3 is 2.74 bits per heavy atom. The predicted molar refractivity (Wildman–Crippen MR) is 69.4 cm³/mol. The molecule has 0 saturated carbocycles. The van der Waals surface area contributed by atoms with Crippen LogP contribution in [0.4, 0.5) is 9.52 Å². The Kier molecular flexibility index (Phi) is 3.78. The number of hydrogen-bond donors (Lipinski definition) is 1. The van der Waals surface area contributed by atoms with E-state index >= 15 is 0 Å². The molecule has 2 rings (SSSR count). The maximum absolute atomic E-state index is 13.0. The summed E-state index contributed by atoms with van der Waals surface area (Å²) in [4.78, 5) is 0. The van der Waals surface area contributed by atoms with E-state index in [0.717, 1.165) is 15.6 Å². The SMILES string of the molecule is CN(Cc1cccc(F)c1)S(=O)(=O)c1nnc(N)s1. The molecular formula is C10H11FN4O2S2. The van der Waals surface area contributed by atoms with Crippen molar-refractivity contribution in [3.63, 3.8) is 0 Å². The molecule has 6 nitrogen and oxygen atoms in total. The molecule has 2 aromatic rings. The van der Waals surface area contributed by atoms with Gasteiger partial charge in [0, 0.05) is 13.6 Å². The van der Waals surface area contributed by atoms with Gasteiger partial charge in [-0.05, 0) is 17.7 Å². The van der Waals surface area contributed by atoms with Crippen LogP contribution in [0, 0.1) is 5.82 Å². The quantitative estimate of drug-likeness (QED) is 0.913. The number of hydrogen-bond acceptors (Lipinski definition) is 6. The Labute approximate surface area is 113 Å². The van der Waals surface area contributed by atoms with Crippen molar-refractivity contribution >= 4 is 26.5 Å². The summed E-state index contributed by atoms with van der Waals surface area (Å²) < 4.78 is 38.2. The average molecular weight is 302 g/mol. The maximum atomic E-state index is 13.0. The van der Waals surface area contributed by atoms with Gasteiger partial charge < -0.3 is 5.73 Å². The standard InChI is InChI=1S/C10H11FN4O2S2/c1-15(6-7-3-2-4-8(11)5-7)19(16,17)10-14-13-9(12)18-10/h2-5H,6H2,1H3,(H2,12,13). The van der Waals surface area contributed by atoms with Crippen LogP contribution in [0.1, 0.15) is 5.56 Å². The molecule has 0 unspecified atom stereocenters. The van der Waals surface area contributed by atoms with Crippen LogP contribution in [0.3, 0.4) is 0 Å². The smallest absolute Gasteiger partial charge is 0.272 e. The number of sulfonamides is 1. The van der Waals surface area contributed by atoms with Gasteiger partial charge in [0.15, 0.2) is 0 Å². The zero-order chi connectivity index (χ0) is 14.0. The molecule has 0 amide bonds. The molecule has 102 valence electrons. The van der Waals surface area contributed by atoms with E-state index in [1.54, 1.807) is 6.07 Å². The number of anilines is 1. The van der Waals surface area contributed by atoms with Crippen LogP contribution < -0.4 is 5.73 Å². The van der Waals surface area contributed by atoms with Gasteiger partial charge >= 0.3 is 0 Å². The summed E-state index contributed by atoms with van der Waals surface area (Å²) in [5, 5.41) is 7.06. The van der Waals surface area contributed by atoms with Gasteiger partial charge in [0.2, 0.25) is 9.47 Å². The Hall–Kier alpha value is -1.58. The fraction of sp³-hybridized carbons (Fsp3) is 0.200. The number of benzene rings is 1. The van der Waals surface area contributed by atoms with E-state index in [0.29, 0.717) is 5.56 Å². The van der Waals surface area contributed by atoms with Gasteiger partial charge in [0.25, 0.3) is 10.0 Å². The molecule has 1 aromatic heterocycles. The minimum atomic E-state index is -3.75. The number of halogens is 1. The van der Waals surface area contributed by atoms with Crippen molar-refractivity contribution in [3.8, 4) is 0 Å². The second-order valence-electron chi connectivity index (χ2n) is 3.80. The summed E-state index contributed by atoms with van der Waals surface area (Å²) in [5.74, 6) is -0.413. The van der Waals surface area contributed by atoms with E-state index in [9.17, 15) is 12.8 Å². The highest BCUT2D eigenvalue weighted by atomic mass is 32.2. The topological polar surface area (TPSA) is 89.2 Å². The Bertz CT molecular complexity index is 686. The monoisotopic (exact) mass is 302 g/mol. The third-order valence-electron chi connectivity index (χ3n) is 2.35. The highest BCUT2D eigenvalue weighted by molar-refractivity contribution is 7.91. The van der Waals surface area contributed by atoms with Crippen molar-refractivity contribution in [2.24, 2.45) is 0 Å². The van der Waals surface area contributed by atoms with E-state index in [2.05, 4.69) is 10.2 Å². The second-order valence-corrected chi connectivity index (χ2v) is 7.02. The Morgan fingerprint density at radius 2 is 2.16 bits per heavy atom. The lowest BCUT2D eigenvalue weighted by Gasteiger charge is -2.14. The van der Waals surface area contributed by atoms with E-state index in [-0.39, 0.29) is 16.0 Å². The van der Waals surface area contributed by atoms with Gasteiger partial charge in [-0.25, -0.2) is 12.8 Å². The second kappa shape index (κ2) is 5.19. The van der Waals surface area contributed by atoms with Crippen molar-refractivity contribution in [3.05, 3.63) is 35.6 Å². The van der Waals surface area contributed by atoms with Gasteiger partial charge in [-0.1, -0.05) is 23.5 Å².